The molecule has 0 bridgehead atoms. The number of carbonyl (C=O) groups is 2. The van der Waals surface area contributed by atoms with Crippen molar-refractivity contribution in [2.75, 3.05) is 18.8 Å². The number of likely N-dealkylation sites (tertiary alicyclic amines) is 1. The lowest BCUT2D eigenvalue weighted by Gasteiger charge is -2.33. The fraction of sp³-hybridized carbons (Fsp3) is 0.294. The SMILES string of the molecule is O=C(NC1=NC2(c3ccns3)CN(C(=O)O)C[C@H]2CS1)c1ccccc1. The molecule has 0 aliphatic carbocycles. The van der Waals surface area contributed by atoms with Gasteiger partial charge >= 0.3 is 6.09 Å². The van der Waals surface area contributed by atoms with Crippen LogP contribution in [0.4, 0.5) is 4.79 Å². The number of carbonyl (C=O) groups excluding carboxylic acids is 1. The van der Waals surface area contributed by atoms with Gasteiger partial charge in [-0.1, -0.05) is 30.0 Å². The number of hydrogen-bond acceptors (Lipinski definition) is 6. The van der Waals surface area contributed by atoms with E-state index in [1.165, 1.54) is 28.2 Å². The number of amidine groups is 1. The molecule has 2 aliphatic heterocycles. The molecule has 9 heteroatoms. The first kappa shape index (κ1) is 17.0. The number of carboxylic acid groups (broad SMARTS) is 1. The fourth-order valence-electron chi connectivity index (χ4n) is 3.35. The van der Waals surface area contributed by atoms with Crippen LogP contribution >= 0.6 is 23.3 Å². The topological polar surface area (TPSA) is 94.9 Å². The van der Waals surface area contributed by atoms with Crippen LogP contribution in [0.15, 0.2) is 47.6 Å². The molecule has 26 heavy (non-hydrogen) atoms. The van der Waals surface area contributed by atoms with Crippen molar-refractivity contribution < 1.29 is 14.7 Å². The molecule has 0 radical (unpaired) electrons. The molecule has 2 aliphatic rings. The molecule has 3 heterocycles. The Balaban J connectivity index is 1.65. The van der Waals surface area contributed by atoms with E-state index in [0.29, 0.717) is 23.0 Å². The maximum atomic E-state index is 12.4. The summed E-state index contributed by atoms with van der Waals surface area (Å²) >= 11 is 2.78. The maximum Gasteiger partial charge on any atom is 0.407 e. The predicted molar refractivity (Wildman–Crippen MR) is 101 cm³/mol. The number of amides is 2. The minimum absolute atomic E-state index is 0.0569. The zero-order chi connectivity index (χ0) is 18.1. The zero-order valence-electron chi connectivity index (χ0n) is 13.7. The summed E-state index contributed by atoms with van der Waals surface area (Å²) in [6.07, 6.45) is 0.757. The van der Waals surface area contributed by atoms with Gasteiger partial charge in [0, 0.05) is 30.0 Å². The van der Waals surface area contributed by atoms with Crippen LogP contribution < -0.4 is 5.32 Å². The maximum absolute atomic E-state index is 12.4. The summed E-state index contributed by atoms with van der Waals surface area (Å²) in [5.41, 5.74) is -0.118. The van der Waals surface area contributed by atoms with Crippen LogP contribution in [-0.2, 0) is 5.54 Å². The number of aromatic nitrogens is 1. The zero-order valence-corrected chi connectivity index (χ0v) is 15.3. The molecule has 4 rings (SSSR count). The van der Waals surface area contributed by atoms with E-state index in [1.54, 1.807) is 30.5 Å². The van der Waals surface area contributed by atoms with E-state index in [2.05, 4.69) is 9.69 Å². The molecule has 2 N–H and O–H groups in total. The van der Waals surface area contributed by atoms with Crippen molar-refractivity contribution in [3.63, 3.8) is 0 Å². The molecule has 1 fully saturated rings. The van der Waals surface area contributed by atoms with Gasteiger partial charge in [0.1, 0.15) is 5.54 Å². The first-order valence-electron chi connectivity index (χ1n) is 8.06. The summed E-state index contributed by atoms with van der Waals surface area (Å²) in [5.74, 6) is 0.527. The minimum Gasteiger partial charge on any atom is -0.465 e. The Bertz CT molecular complexity index is 856. The van der Waals surface area contributed by atoms with Crippen LogP contribution in [0.25, 0.3) is 0 Å². The van der Waals surface area contributed by atoms with Crippen LogP contribution in [-0.4, -0.2) is 50.4 Å². The third-order valence-corrected chi connectivity index (χ3v) is 6.61. The van der Waals surface area contributed by atoms with Gasteiger partial charge in [0.15, 0.2) is 5.17 Å². The molecule has 134 valence electrons. The van der Waals surface area contributed by atoms with Crippen LogP contribution in [0, 0.1) is 5.92 Å². The van der Waals surface area contributed by atoms with Crippen LogP contribution in [0.2, 0.25) is 0 Å². The molecule has 0 saturated carbocycles. The summed E-state index contributed by atoms with van der Waals surface area (Å²) in [7, 11) is 0. The van der Waals surface area contributed by atoms with Crippen molar-refractivity contribution in [2.24, 2.45) is 10.9 Å². The third-order valence-electron chi connectivity index (χ3n) is 4.66. The molecule has 1 aromatic heterocycles. The van der Waals surface area contributed by atoms with Gasteiger partial charge in [0.2, 0.25) is 0 Å². The quantitative estimate of drug-likeness (QED) is 0.824. The second-order valence-electron chi connectivity index (χ2n) is 6.21. The molecule has 0 spiro atoms. The van der Waals surface area contributed by atoms with Crippen molar-refractivity contribution in [3.05, 3.63) is 53.0 Å². The summed E-state index contributed by atoms with van der Waals surface area (Å²) in [6, 6.07) is 10.8. The van der Waals surface area contributed by atoms with E-state index < -0.39 is 11.6 Å². The lowest BCUT2D eigenvalue weighted by Crippen LogP contribution is -2.42. The highest BCUT2D eigenvalue weighted by atomic mass is 32.2. The Labute approximate surface area is 158 Å². The first-order valence-corrected chi connectivity index (χ1v) is 9.82. The highest BCUT2D eigenvalue weighted by Crippen LogP contribution is 2.46. The Morgan fingerprint density at radius 3 is 2.77 bits per heavy atom. The largest absolute Gasteiger partial charge is 0.465 e. The lowest BCUT2D eigenvalue weighted by molar-refractivity contribution is 0.0977. The third kappa shape index (κ3) is 2.97. The molecule has 1 unspecified atom stereocenters. The van der Waals surface area contributed by atoms with Gasteiger partial charge in [0.05, 0.1) is 11.4 Å². The van der Waals surface area contributed by atoms with Crippen molar-refractivity contribution in [1.29, 1.82) is 0 Å². The average molecular weight is 388 g/mol. The van der Waals surface area contributed by atoms with Crippen LogP contribution in [0.1, 0.15) is 15.2 Å². The number of nitrogens with zero attached hydrogens (tertiary/aromatic N) is 3. The highest BCUT2D eigenvalue weighted by molar-refractivity contribution is 8.13. The first-order chi connectivity index (χ1) is 12.6. The fourth-order valence-corrected chi connectivity index (χ4v) is 5.28. The van der Waals surface area contributed by atoms with E-state index in [-0.39, 0.29) is 18.4 Å². The van der Waals surface area contributed by atoms with Gasteiger partial charge in [0.25, 0.3) is 5.91 Å². The van der Waals surface area contributed by atoms with Gasteiger partial charge in [-0.2, -0.15) is 0 Å². The summed E-state index contributed by atoms with van der Waals surface area (Å²) in [4.78, 5) is 31.1. The average Bonchev–Trinajstić information content (AvgIpc) is 3.30. The molecule has 7 nitrogen and oxygen atoms in total. The Morgan fingerprint density at radius 1 is 1.27 bits per heavy atom. The van der Waals surface area contributed by atoms with Crippen molar-refractivity contribution in [3.8, 4) is 0 Å². The van der Waals surface area contributed by atoms with Crippen molar-refractivity contribution >= 4 is 40.5 Å². The number of nitrogens with one attached hydrogen (secondary N) is 1. The predicted octanol–water partition coefficient (Wildman–Crippen LogP) is 2.48. The molecule has 2 aromatic rings. The smallest absolute Gasteiger partial charge is 0.407 e. The Hall–Kier alpha value is -2.39. The molecular formula is C17H16N4O3S2. The standard InChI is InChI=1S/C17H16N4O3S2/c22-14(11-4-2-1-3-5-11)19-15-20-17(13-6-7-18-26-13)10-21(16(23)24)8-12(17)9-25-15/h1-7,12H,8-10H2,(H,23,24)(H,19,20,22)/t12-,17?/m0/s1. The lowest BCUT2D eigenvalue weighted by atomic mass is 9.87. The molecule has 1 aromatic carbocycles. The highest BCUT2D eigenvalue weighted by Gasteiger charge is 2.52. The van der Waals surface area contributed by atoms with Gasteiger partial charge in [-0.25, -0.2) is 14.2 Å². The van der Waals surface area contributed by atoms with Gasteiger partial charge < -0.3 is 15.3 Å². The van der Waals surface area contributed by atoms with E-state index in [9.17, 15) is 14.7 Å². The number of fused-ring (bicyclic) bond motifs is 1. The van der Waals surface area contributed by atoms with Gasteiger partial charge in [-0.05, 0) is 29.7 Å². The summed E-state index contributed by atoms with van der Waals surface area (Å²) < 4.78 is 4.17. The van der Waals surface area contributed by atoms with E-state index in [4.69, 9.17) is 4.99 Å². The monoisotopic (exact) mass is 388 g/mol. The van der Waals surface area contributed by atoms with Gasteiger partial charge in [-0.15, -0.1) is 0 Å². The van der Waals surface area contributed by atoms with Crippen molar-refractivity contribution in [2.45, 2.75) is 5.54 Å². The second kappa shape index (κ2) is 6.73. The summed E-state index contributed by atoms with van der Waals surface area (Å²) in [6.45, 7) is 0.712. The normalized spacial score (nSPS) is 24.7. The van der Waals surface area contributed by atoms with E-state index in [0.717, 1.165) is 4.88 Å². The number of aliphatic imine (C=N–C) groups is 1. The molecule has 2 amide bonds. The van der Waals surface area contributed by atoms with Gasteiger partial charge in [-0.3, -0.25) is 4.79 Å². The molecule has 2 atom stereocenters. The van der Waals surface area contributed by atoms with E-state index >= 15 is 0 Å². The Kier molecular flexibility index (Phi) is 4.41. The number of hydrogen-bond donors (Lipinski definition) is 2. The van der Waals surface area contributed by atoms with Crippen LogP contribution in [0.5, 0.6) is 0 Å². The minimum atomic E-state index is -0.946. The molecule has 1 saturated heterocycles. The molecular weight excluding hydrogens is 372 g/mol. The summed E-state index contributed by atoms with van der Waals surface area (Å²) in [5, 5.41) is 12.8. The number of rotatable bonds is 2. The second-order valence-corrected chi connectivity index (χ2v) is 8.05. The van der Waals surface area contributed by atoms with Crippen molar-refractivity contribution in [1.82, 2.24) is 14.6 Å². The van der Waals surface area contributed by atoms with Crippen LogP contribution in [0.3, 0.4) is 0 Å². The number of thioether (sulfide) groups is 1. The van der Waals surface area contributed by atoms with E-state index in [1.807, 2.05) is 12.1 Å². The Morgan fingerprint density at radius 2 is 2.08 bits per heavy atom. The number of benzene rings is 1.